The zero-order valence-corrected chi connectivity index (χ0v) is 19.6. The Bertz CT molecular complexity index is 1080. The Labute approximate surface area is 192 Å². The van der Waals surface area contributed by atoms with E-state index in [4.69, 9.17) is 4.98 Å². The van der Waals surface area contributed by atoms with Crippen molar-refractivity contribution in [1.82, 2.24) is 9.97 Å². The third-order valence-corrected chi connectivity index (χ3v) is 6.27. The van der Waals surface area contributed by atoms with Crippen LogP contribution in [0.1, 0.15) is 62.8 Å². The maximum Gasteiger partial charge on any atom is 0.0897 e. The van der Waals surface area contributed by atoms with Crippen molar-refractivity contribution in [2.75, 3.05) is 23.3 Å². The van der Waals surface area contributed by atoms with Crippen molar-refractivity contribution in [2.45, 2.75) is 52.4 Å². The molecular weight excluding hydrogens is 392 g/mol. The van der Waals surface area contributed by atoms with Gasteiger partial charge < -0.3 is 10.2 Å². The maximum absolute atomic E-state index is 5.06. The molecule has 3 heterocycles. The zero-order valence-electron chi connectivity index (χ0n) is 19.6. The molecule has 0 unspecified atom stereocenters. The van der Waals surface area contributed by atoms with Crippen LogP contribution in [0.5, 0.6) is 0 Å². The Morgan fingerprint density at radius 3 is 2.66 bits per heavy atom. The van der Waals surface area contributed by atoms with Gasteiger partial charge in [-0.05, 0) is 60.9 Å². The Morgan fingerprint density at radius 2 is 1.91 bits per heavy atom. The quantitative estimate of drug-likeness (QED) is 0.446. The molecule has 4 nitrogen and oxygen atoms in total. The molecule has 0 atom stereocenters. The molecule has 0 bridgehead atoms. The first-order valence-electron chi connectivity index (χ1n) is 11.8. The number of aryl methyl sites for hydroxylation is 1. The SMILES string of the molecule is C=C(Nc1cnccc1N1CCCCC1)c1nc(-c2cccc(C(C)C)c2)ccc1CC. The van der Waals surface area contributed by atoms with E-state index in [2.05, 4.69) is 85.0 Å². The lowest BCUT2D eigenvalue weighted by Crippen LogP contribution is -2.30. The molecule has 1 aromatic carbocycles. The highest BCUT2D eigenvalue weighted by Gasteiger charge is 2.17. The van der Waals surface area contributed by atoms with Gasteiger partial charge in [0.15, 0.2) is 0 Å². The molecule has 1 saturated heterocycles. The lowest BCUT2D eigenvalue weighted by Gasteiger charge is -2.30. The molecule has 3 aromatic rings. The van der Waals surface area contributed by atoms with Gasteiger partial charge in [0, 0.05) is 24.8 Å². The summed E-state index contributed by atoms with van der Waals surface area (Å²) in [6.07, 6.45) is 8.46. The molecule has 0 spiro atoms. The van der Waals surface area contributed by atoms with Crippen molar-refractivity contribution >= 4 is 17.1 Å². The third-order valence-electron chi connectivity index (χ3n) is 6.27. The fourth-order valence-electron chi connectivity index (χ4n) is 4.37. The maximum atomic E-state index is 5.06. The molecule has 1 fully saturated rings. The summed E-state index contributed by atoms with van der Waals surface area (Å²) in [6, 6.07) is 15.1. The fourth-order valence-corrected chi connectivity index (χ4v) is 4.37. The minimum Gasteiger partial charge on any atom is -0.370 e. The van der Waals surface area contributed by atoms with Crippen LogP contribution in [0.25, 0.3) is 17.0 Å². The highest BCUT2D eigenvalue weighted by molar-refractivity contribution is 5.82. The van der Waals surface area contributed by atoms with E-state index in [-0.39, 0.29) is 0 Å². The fraction of sp³-hybridized carbons (Fsp3) is 0.357. The number of aromatic nitrogens is 2. The number of benzene rings is 1. The summed E-state index contributed by atoms with van der Waals surface area (Å²) in [5.41, 5.74) is 8.56. The van der Waals surface area contributed by atoms with Gasteiger partial charge in [-0.1, -0.05) is 51.6 Å². The first-order chi connectivity index (χ1) is 15.6. The van der Waals surface area contributed by atoms with Crippen molar-refractivity contribution in [2.24, 2.45) is 0 Å². The van der Waals surface area contributed by atoms with Crippen LogP contribution < -0.4 is 10.2 Å². The first kappa shape index (κ1) is 22.1. The summed E-state index contributed by atoms with van der Waals surface area (Å²) in [5, 5.41) is 3.55. The minimum atomic E-state index is 0.486. The van der Waals surface area contributed by atoms with Gasteiger partial charge >= 0.3 is 0 Å². The van der Waals surface area contributed by atoms with Crippen LogP contribution in [-0.4, -0.2) is 23.1 Å². The zero-order chi connectivity index (χ0) is 22.5. The van der Waals surface area contributed by atoms with Crippen molar-refractivity contribution in [3.05, 3.63) is 78.3 Å². The van der Waals surface area contributed by atoms with Crippen molar-refractivity contribution < 1.29 is 0 Å². The van der Waals surface area contributed by atoms with Gasteiger partial charge in [-0.15, -0.1) is 0 Å². The van der Waals surface area contributed by atoms with E-state index in [9.17, 15) is 0 Å². The van der Waals surface area contributed by atoms with Gasteiger partial charge in [0.05, 0.1) is 34.7 Å². The van der Waals surface area contributed by atoms with Crippen LogP contribution in [-0.2, 0) is 6.42 Å². The normalized spacial score (nSPS) is 13.9. The first-order valence-corrected chi connectivity index (χ1v) is 11.8. The van der Waals surface area contributed by atoms with Crippen LogP contribution in [0.3, 0.4) is 0 Å². The smallest absolute Gasteiger partial charge is 0.0897 e. The molecule has 4 heteroatoms. The predicted octanol–water partition coefficient (Wildman–Crippen LogP) is 6.90. The molecule has 1 N–H and O–H groups in total. The number of nitrogens with zero attached hydrogens (tertiary/aromatic N) is 3. The lowest BCUT2D eigenvalue weighted by atomic mass is 9.98. The molecule has 0 amide bonds. The Morgan fingerprint density at radius 1 is 1.09 bits per heavy atom. The van der Waals surface area contributed by atoms with Gasteiger partial charge in [-0.3, -0.25) is 4.98 Å². The molecular formula is C28H34N4. The number of anilines is 2. The lowest BCUT2D eigenvalue weighted by molar-refractivity contribution is 0.578. The summed E-state index contributed by atoms with van der Waals surface area (Å²) < 4.78 is 0. The average molecular weight is 427 g/mol. The average Bonchev–Trinajstić information content (AvgIpc) is 2.84. The topological polar surface area (TPSA) is 41.1 Å². The van der Waals surface area contributed by atoms with Crippen LogP contribution in [0.2, 0.25) is 0 Å². The van der Waals surface area contributed by atoms with E-state index in [1.807, 2.05) is 12.4 Å². The summed E-state index contributed by atoms with van der Waals surface area (Å²) in [4.78, 5) is 11.9. The molecule has 1 aliphatic rings. The number of hydrogen-bond donors (Lipinski definition) is 1. The number of nitrogens with one attached hydrogen (secondary N) is 1. The van der Waals surface area contributed by atoms with E-state index < -0.39 is 0 Å². The highest BCUT2D eigenvalue weighted by atomic mass is 15.2. The van der Waals surface area contributed by atoms with Crippen LogP contribution in [0, 0.1) is 0 Å². The number of hydrogen-bond acceptors (Lipinski definition) is 4. The van der Waals surface area contributed by atoms with Crippen LogP contribution >= 0.6 is 0 Å². The molecule has 0 radical (unpaired) electrons. The summed E-state index contributed by atoms with van der Waals surface area (Å²) >= 11 is 0. The second kappa shape index (κ2) is 9.99. The van der Waals surface area contributed by atoms with Crippen LogP contribution in [0.15, 0.2) is 61.4 Å². The Hall–Kier alpha value is -3.14. The molecule has 32 heavy (non-hydrogen) atoms. The van der Waals surface area contributed by atoms with E-state index >= 15 is 0 Å². The van der Waals surface area contributed by atoms with E-state index in [1.54, 1.807) is 0 Å². The number of piperidine rings is 1. The predicted molar refractivity (Wildman–Crippen MR) is 136 cm³/mol. The van der Waals surface area contributed by atoms with Crippen molar-refractivity contribution in [3.8, 4) is 11.3 Å². The molecule has 1 aliphatic heterocycles. The second-order valence-corrected chi connectivity index (χ2v) is 8.88. The Kier molecular flexibility index (Phi) is 6.89. The molecule has 0 saturated carbocycles. The summed E-state index contributed by atoms with van der Waals surface area (Å²) in [5.74, 6) is 0.486. The van der Waals surface area contributed by atoms with Gasteiger partial charge in [-0.25, -0.2) is 4.98 Å². The van der Waals surface area contributed by atoms with Gasteiger partial charge in [0.25, 0.3) is 0 Å². The summed E-state index contributed by atoms with van der Waals surface area (Å²) in [7, 11) is 0. The Balaban J connectivity index is 1.64. The van der Waals surface area contributed by atoms with E-state index in [0.717, 1.165) is 47.8 Å². The monoisotopic (exact) mass is 426 g/mol. The number of pyridine rings is 2. The van der Waals surface area contributed by atoms with Gasteiger partial charge in [0.2, 0.25) is 0 Å². The molecule has 0 aliphatic carbocycles. The van der Waals surface area contributed by atoms with Crippen molar-refractivity contribution in [1.29, 1.82) is 0 Å². The standard InChI is InChI=1S/C28H34N4/c1-5-22-12-13-25(24-11-9-10-23(18-24)20(2)3)31-28(22)21(4)30-26-19-29-15-14-27(26)32-16-7-6-8-17-32/h9-15,18-20,30H,4-8,16-17H2,1-3H3. The van der Waals surface area contributed by atoms with Crippen LogP contribution in [0.4, 0.5) is 11.4 Å². The van der Waals surface area contributed by atoms with Gasteiger partial charge in [0.1, 0.15) is 0 Å². The minimum absolute atomic E-state index is 0.486. The third kappa shape index (κ3) is 4.85. The second-order valence-electron chi connectivity index (χ2n) is 8.88. The summed E-state index contributed by atoms with van der Waals surface area (Å²) in [6.45, 7) is 13.2. The highest BCUT2D eigenvalue weighted by Crippen LogP contribution is 2.31. The molecule has 166 valence electrons. The van der Waals surface area contributed by atoms with Crippen molar-refractivity contribution in [3.63, 3.8) is 0 Å². The van der Waals surface area contributed by atoms with E-state index in [1.165, 1.54) is 36.1 Å². The molecule has 2 aromatic heterocycles. The van der Waals surface area contributed by atoms with E-state index in [0.29, 0.717) is 5.92 Å². The van der Waals surface area contributed by atoms with Gasteiger partial charge in [-0.2, -0.15) is 0 Å². The largest absolute Gasteiger partial charge is 0.370 e. The molecule has 4 rings (SSSR count). The number of rotatable bonds is 7.